The Morgan fingerprint density at radius 2 is 1.44 bits per heavy atom. The number of hydrogen-bond donors (Lipinski definition) is 1. The number of anilines is 2. The van der Waals surface area contributed by atoms with Gasteiger partial charge >= 0.3 is 0 Å². The van der Waals surface area contributed by atoms with Gasteiger partial charge in [-0.05, 0) is 60.2 Å². The number of rotatable bonds is 6. The molecule has 3 aromatic carbocycles. The smallest absolute Gasteiger partial charge is 0.282 e. The molecule has 4 rings (SSSR count). The Kier molecular flexibility index (Phi) is 5.83. The predicted octanol–water partition coefficient (Wildman–Crippen LogP) is 4.89. The van der Waals surface area contributed by atoms with Gasteiger partial charge in [0.1, 0.15) is 23.0 Å². The summed E-state index contributed by atoms with van der Waals surface area (Å²) in [6.45, 7) is 0. The molecule has 2 amide bonds. The molecule has 1 N–H and O–H groups in total. The van der Waals surface area contributed by atoms with Crippen LogP contribution in [0.3, 0.4) is 0 Å². The van der Waals surface area contributed by atoms with Crippen LogP contribution in [0.25, 0.3) is 5.57 Å². The van der Waals surface area contributed by atoms with Crippen molar-refractivity contribution in [2.24, 2.45) is 0 Å². The lowest BCUT2D eigenvalue weighted by Gasteiger charge is -2.16. The number of carbonyl (C=O) groups is 2. The van der Waals surface area contributed by atoms with E-state index in [-0.39, 0.29) is 22.0 Å². The normalized spacial score (nSPS) is 13.6. The molecule has 0 fully saturated rings. The molecular weight excluding hydrogens is 435 g/mol. The molecule has 8 heteroatoms. The Morgan fingerprint density at radius 1 is 0.844 bits per heavy atom. The number of methoxy groups -OCH3 is 2. The van der Waals surface area contributed by atoms with Gasteiger partial charge < -0.3 is 14.8 Å². The zero-order valence-electron chi connectivity index (χ0n) is 17.2. The Labute approximate surface area is 188 Å². The summed E-state index contributed by atoms with van der Waals surface area (Å²) >= 11 is 5.89. The van der Waals surface area contributed by atoms with Gasteiger partial charge in [0.2, 0.25) is 0 Å². The molecule has 0 spiro atoms. The molecule has 0 bridgehead atoms. The highest BCUT2D eigenvalue weighted by Crippen LogP contribution is 2.35. The summed E-state index contributed by atoms with van der Waals surface area (Å²) in [7, 11) is 3.09. The minimum absolute atomic E-state index is 0.0887. The van der Waals surface area contributed by atoms with Crippen molar-refractivity contribution in [3.05, 3.63) is 88.8 Å². The number of nitrogens with one attached hydrogen (secondary N) is 1. The van der Waals surface area contributed by atoms with E-state index in [1.165, 1.54) is 19.2 Å². The van der Waals surface area contributed by atoms with E-state index in [4.69, 9.17) is 21.1 Å². The molecule has 0 unspecified atom stereocenters. The second-order valence-corrected chi connectivity index (χ2v) is 7.28. The van der Waals surface area contributed by atoms with Crippen LogP contribution in [0.1, 0.15) is 5.56 Å². The van der Waals surface area contributed by atoms with E-state index >= 15 is 0 Å². The topological polar surface area (TPSA) is 67.9 Å². The Morgan fingerprint density at radius 3 is 2.00 bits per heavy atom. The first-order valence-electron chi connectivity index (χ1n) is 9.56. The SMILES string of the molecule is COc1ccc(NC2=C(c3ccc(OC)cc3)C(=O)N(c3ccc(F)c(Cl)c3)C2=O)cc1. The Balaban J connectivity index is 1.79. The van der Waals surface area contributed by atoms with Crippen LogP contribution in [0, 0.1) is 5.82 Å². The Bertz CT molecular complexity index is 1220. The highest BCUT2D eigenvalue weighted by atomic mass is 35.5. The van der Waals surface area contributed by atoms with Gasteiger partial charge in [-0.1, -0.05) is 23.7 Å². The number of amides is 2. The van der Waals surface area contributed by atoms with E-state index < -0.39 is 17.6 Å². The van der Waals surface area contributed by atoms with Crippen molar-refractivity contribution in [1.29, 1.82) is 0 Å². The summed E-state index contributed by atoms with van der Waals surface area (Å²) < 4.78 is 24.0. The fraction of sp³-hybridized carbons (Fsp3) is 0.0833. The van der Waals surface area contributed by atoms with E-state index in [0.29, 0.717) is 22.7 Å². The van der Waals surface area contributed by atoms with Crippen LogP contribution in [0.5, 0.6) is 11.5 Å². The van der Waals surface area contributed by atoms with Crippen molar-refractivity contribution in [2.75, 3.05) is 24.4 Å². The fourth-order valence-electron chi connectivity index (χ4n) is 3.35. The van der Waals surface area contributed by atoms with Gasteiger partial charge in [-0.25, -0.2) is 9.29 Å². The second kappa shape index (κ2) is 8.72. The summed E-state index contributed by atoms with van der Waals surface area (Å²) in [5.41, 5.74) is 1.55. The predicted molar refractivity (Wildman–Crippen MR) is 120 cm³/mol. The molecule has 1 heterocycles. The number of benzene rings is 3. The third-order valence-corrected chi connectivity index (χ3v) is 5.27. The standard InChI is InChI=1S/C24H18ClFN2O4/c1-31-17-8-3-14(4-9-17)21-22(27-15-5-10-18(32-2)11-6-15)24(30)28(23(21)29)16-7-12-20(26)19(25)13-16/h3-13,27H,1-2H3. The lowest BCUT2D eigenvalue weighted by atomic mass is 10.0. The molecule has 0 saturated heterocycles. The summed E-state index contributed by atoms with van der Waals surface area (Å²) in [6.07, 6.45) is 0. The molecule has 3 aromatic rings. The van der Waals surface area contributed by atoms with Crippen molar-refractivity contribution in [3.8, 4) is 11.5 Å². The quantitative estimate of drug-likeness (QED) is 0.539. The van der Waals surface area contributed by atoms with Crippen molar-refractivity contribution >= 4 is 40.4 Å². The summed E-state index contributed by atoms with van der Waals surface area (Å²) in [5, 5.41) is 2.86. The van der Waals surface area contributed by atoms with Gasteiger partial charge in [-0.2, -0.15) is 0 Å². The molecular formula is C24H18ClFN2O4. The van der Waals surface area contributed by atoms with E-state index in [0.717, 1.165) is 11.0 Å². The van der Waals surface area contributed by atoms with Crippen LogP contribution >= 0.6 is 11.6 Å². The number of hydrogen-bond acceptors (Lipinski definition) is 5. The van der Waals surface area contributed by atoms with Gasteiger partial charge in [-0.15, -0.1) is 0 Å². The molecule has 0 aromatic heterocycles. The average molecular weight is 453 g/mol. The molecule has 0 saturated carbocycles. The van der Waals surface area contributed by atoms with E-state index in [1.54, 1.807) is 55.6 Å². The van der Waals surface area contributed by atoms with Crippen LogP contribution < -0.4 is 19.7 Å². The highest BCUT2D eigenvalue weighted by Gasteiger charge is 2.40. The average Bonchev–Trinajstić information content (AvgIpc) is 3.05. The summed E-state index contributed by atoms with van der Waals surface area (Å²) in [5.74, 6) is -0.526. The van der Waals surface area contributed by atoms with E-state index in [9.17, 15) is 14.0 Å². The monoisotopic (exact) mass is 452 g/mol. The van der Waals surface area contributed by atoms with Crippen molar-refractivity contribution in [3.63, 3.8) is 0 Å². The lowest BCUT2D eigenvalue weighted by molar-refractivity contribution is -0.120. The lowest BCUT2D eigenvalue weighted by Crippen LogP contribution is -2.32. The molecule has 162 valence electrons. The third-order valence-electron chi connectivity index (χ3n) is 4.98. The maximum Gasteiger partial charge on any atom is 0.282 e. The van der Waals surface area contributed by atoms with Gasteiger partial charge in [-0.3, -0.25) is 9.59 Å². The first kappa shape index (κ1) is 21.4. The van der Waals surface area contributed by atoms with E-state index in [1.807, 2.05) is 0 Å². The number of ether oxygens (including phenoxy) is 2. The minimum Gasteiger partial charge on any atom is -0.497 e. The second-order valence-electron chi connectivity index (χ2n) is 6.88. The largest absolute Gasteiger partial charge is 0.497 e. The molecule has 32 heavy (non-hydrogen) atoms. The van der Waals surface area contributed by atoms with Gasteiger partial charge in [0.05, 0.1) is 30.5 Å². The van der Waals surface area contributed by atoms with Gasteiger partial charge in [0.25, 0.3) is 11.8 Å². The zero-order valence-corrected chi connectivity index (χ0v) is 17.9. The molecule has 0 radical (unpaired) electrons. The number of halogens is 2. The van der Waals surface area contributed by atoms with Crippen molar-refractivity contribution in [2.45, 2.75) is 0 Å². The minimum atomic E-state index is -0.644. The Hall–Kier alpha value is -3.84. The maximum atomic E-state index is 13.7. The van der Waals surface area contributed by atoms with Gasteiger partial charge in [0.15, 0.2) is 0 Å². The van der Waals surface area contributed by atoms with Crippen LogP contribution in [0.15, 0.2) is 72.4 Å². The first-order chi connectivity index (χ1) is 15.4. The highest BCUT2D eigenvalue weighted by molar-refractivity contribution is 6.46. The van der Waals surface area contributed by atoms with Crippen molar-refractivity contribution < 1.29 is 23.5 Å². The third kappa shape index (κ3) is 3.90. The van der Waals surface area contributed by atoms with Crippen LogP contribution in [-0.4, -0.2) is 26.0 Å². The maximum absolute atomic E-state index is 13.7. The van der Waals surface area contributed by atoms with Crippen LogP contribution in [0.2, 0.25) is 5.02 Å². The number of nitrogens with zero attached hydrogens (tertiary/aromatic N) is 1. The number of carbonyl (C=O) groups excluding carboxylic acids is 2. The van der Waals surface area contributed by atoms with Crippen LogP contribution in [-0.2, 0) is 9.59 Å². The van der Waals surface area contributed by atoms with E-state index in [2.05, 4.69) is 5.32 Å². The molecule has 0 atom stereocenters. The molecule has 6 nitrogen and oxygen atoms in total. The van der Waals surface area contributed by atoms with Crippen LogP contribution in [0.4, 0.5) is 15.8 Å². The summed E-state index contributed by atoms with van der Waals surface area (Å²) in [6, 6.07) is 17.4. The molecule has 1 aliphatic heterocycles. The van der Waals surface area contributed by atoms with Gasteiger partial charge in [0, 0.05) is 5.69 Å². The molecule has 1 aliphatic rings. The van der Waals surface area contributed by atoms with Crippen molar-refractivity contribution in [1.82, 2.24) is 0 Å². The molecule has 0 aliphatic carbocycles. The summed E-state index contributed by atoms with van der Waals surface area (Å²) in [4.78, 5) is 27.7. The first-order valence-corrected chi connectivity index (χ1v) is 9.94. The fourth-order valence-corrected chi connectivity index (χ4v) is 3.52. The number of imide groups is 1. The zero-order chi connectivity index (χ0) is 22.8.